The summed E-state index contributed by atoms with van der Waals surface area (Å²) in [5.41, 5.74) is 3.19. The van der Waals surface area contributed by atoms with Crippen molar-refractivity contribution in [3.05, 3.63) is 34.9 Å². The highest BCUT2D eigenvalue weighted by Crippen LogP contribution is 2.60. The third kappa shape index (κ3) is 2.72. The molecule has 0 aliphatic heterocycles. The minimum Gasteiger partial charge on any atom is -0.507 e. The molecule has 0 heterocycles. The molecule has 2 unspecified atom stereocenters. The summed E-state index contributed by atoms with van der Waals surface area (Å²) in [7, 11) is 0. The van der Waals surface area contributed by atoms with E-state index in [0.29, 0.717) is 29.9 Å². The van der Waals surface area contributed by atoms with E-state index in [4.69, 9.17) is 9.47 Å². The second kappa shape index (κ2) is 6.82. The maximum Gasteiger partial charge on any atom is 0.513 e. The van der Waals surface area contributed by atoms with Gasteiger partial charge in [-0.05, 0) is 55.6 Å². The van der Waals surface area contributed by atoms with Crippen molar-refractivity contribution in [2.75, 3.05) is 6.61 Å². The fraction of sp³-hybridized carbons (Fsp3) is 0.500. The number of rotatable bonds is 5. The van der Waals surface area contributed by atoms with Gasteiger partial charge in [0, 0.05) is 21.9 Å². The van der Waals surface area contributed by atoms with Gasteiger partial charge in [0.1, 0.15) is 11.5 Å². The monoisotopic (exact) mass is 354 g/mol. The van der Waals surface area contributed by atoms with E-state index in [9.17, 15) is 9.90 Å². The van der Waals surface area contributed by atoms with Crippen molar-refractivity contribution >= 4 is 16.9 Å². The lowest BCUT2D eigenvalue weighted by molar-refractivity contribution is 0.0978. The van der Waals surface area contributed by atoms with E-state index in [1.807, 2.05) is 18.2 Å². The van der Waals surface area contributed by atoms with Crippen LogP contribution in [0.1, 0.15) is 74.5 Å². The molecule has 0 amide bonds. The Labute approximate surface area is 154 Å². The number of carbonyl (C=O) groups is 1. The van der Waals surface area contributed by atoms with Crippen molar-refractivity contribution in [2.45, 2.75) is 64.2 Å². The molecule has 0 aromatic heterocycles. The molecule has 4 heteroatoms. The smallest absolute Gasteiger partial charge is 0.507 e. The summed E-state index contributed by atoms with van der Waals surface area (Å²) in [6.07, 6.45) is 5.28. The van der Waals surface area contributed by atoms with Crippen LogP contribution in [0.2, 0.25) is 0 Å². The van der Waals surface area contributed by atoms with Crippen molar-refractivity contribution in [2.24, 2.45) is 0 Å². The van der Waals surface area contributed by atoms with Gasteiger partial charge in [0.05, 0.1) is 6.61 Å². The van der Waals surface area contributed by atoms with E-state index in [2.05, 4.69) is 13.8 Å². The summed E-state index contributed by atoms with van der Waals surface area (Å²) in [6, 6.07) is 6.02. The van der Waals surface area contributed by atoms with E-state index in [1.54, 1.807) is 0 Å². The van der Waals surface area contributed by atoms with E-state index in [0.717, 1.165) is 66.0 Å². The summed E-state index contributed by atoms with van der Waals surface area (Å²) >= 11 is 0. The number of carbonyl (C=O) groups excluding carboxylic acids is 1. The van der Waals surface area contributed by atoms with Gasteiger partial charge in [0.2, 0.25) is 0 Å². The first-order valence-corrected chi connectivity index (χ1v) is 9.79. The van der Waals surface area contributed by atoms with Crippen LogP contribution in [0, 0.1) is 0 Å². The van der Waals surface area contributed by atoms with Crippen LogP contribution in [0.4, 0.5) is 4.79 Å². The normalized spacial score (nSPS) is 20.4. The first-order valence-electron chi connectivity index (χ1n) is 9.79. The molecule has 26 heavy (non-hydrogen) atoms. The molecule has 0 saturated heterocycles. The van der Waals surface area contributed by atoms with Gasteiger partial charge < -0.3 is 14.6 Å². The highest BCUT2D eigenvalue weighted by Gasteiger charge is 2.42. The number of phenolic OH excluding ortho intramolecular Hbond substituents is 1. The molecule has 0 spiro atoms. The Bertz CT molecular complexity index is 855. The van der Waals surface area contributed by atoms with Crippen molar-refractivity contribution in [3.8, 4) is 11.5 Å². The maximum absolute atomic E-state index is 12.3. The third-order valence-electron chi connectivity index (χ3n) is 5.93. The quantitative estimate of drug-likeness (QED) is 0.419. The van der Waals surface area contributed by atoms with Gasteiger partial charge in [-0.2, -0.15) is 0 Å². The molecule has 4 nitrogen and oxygen atoms in total. The fourth-order valence-electron chi connectivity index (χ4n) is 4.59. The summed E-state index contributed by atoms with van der Waals surface area (Å²) in [5, 5.41) is 12.5. The molecule has 2 bridgehead atoms. The lowest BCUT2D eigenvalue weighted by Gasteiger charge is -2.22. The van der Waals surface area contributed by atoms with Crippen molar-refractivity contribution in [3.63, 3.8) is 0 Å². The number of aromatic hydroxyl groups is 1. The predicted molar refractivity (Wildman–Crippen MR) is 101 cm³/mol. The Morgan fingerprint density at radius 3 is 2.65 bits per heavy atom. The number of hydrogen-bond donors (Lipinski definition) is 1. The molecular weight excluding hydrogens is 328 g/mol. The number of hydrogen-bond acceptors (Lipinski definition) is 4. The number of fused-ring (bicyclic) bond motifs is 6. The molecule has 0 radical (unpaired) electrons. The lowest BCUT2D eigenvalue weighted by atomic mass is 9.87. The average Bonchev–Trinajstić information content (AvgIpc) is 3.26. The third-order valence-corrected chi connectivity index (χ3v) is 5.93. The van der Waals surface area contributed by atoms with Gasteiger partial charge in [-0.3, -0.25) is 0 Å². The van der Waals surface area contributed by atoms with Crippen molar-refractivity contribution in [1.82, 2.24) is 0 Å². The molecule has 1 N–H and O–H groups in total. The minimum absolute atomic E-state index is 0.369. The molecule has 2 atom stereocenters. The van der Waals surface area contributed by atoms with Gasteiger partial charge in [0.15, 0.2) is 0 Å². The summed E-state index contributed by atoms with van der Waals surface area (Å²) in [5.74, 6) is 1.73. The second-order valence-electron chi connectivity index (χ2n) is 7.50. The first-order chi connectivity index (χ1) is 12.6. The largest absolute Gasteiger partial charge is 0.513 e. The molecule has 138 valence electrons. The van der Waals surface area contributed by atoms with Gasteiger partial charge in [-0.25, -0.2) is 4.79 Å². The van der Waals surface area contributed by atoms with Gasteiger partial charge in [0.25, 0.3) is 0 Å². The van der Waals surface area contributed by atoms with Gasteiger partial charge in [-0.15, -0.1) is 0 Å². The van der Waals surface area contributed by atoms with Crippen LogP contribution in [-0.2, 0) is 11.2 Å². The predicted octanol–water partition coefficient (Wildman–Crippen LogP) is 5.79. The summed E-state index contributed by atoms with van der Waals surface area (Å²) in [4.78, 5) is 12.3. The molecule has 2 aromatic rings. The fourth-order valence-corrected chi connectivity index (χ4v) is 4.59. The average molecular weight is 354 g/mol. The Balaban J connectivity index is 1.82. The number of benzene rings is 2. The molecule has 4 rings (SSSR count). The Kier molecular flexibility index (Phi) is 4.51. The van der Waals surface area contributed by atoms with E-state index < -0.39 is 6.16 Å². The van der Waals surface area contributed by atoms with Crippen LogP contribution < -0.4 is 4.74 Å². The van der Waals surface area contributed by atoms with E-state index >= 15 is 0 Å². The Hall–Kier alpha value is -2.23. The van der Waals surface area contributed by atoms with Crippen LogP contribution in [0.15, 0.2) is 18.2 Å². The van der Waals surface area contributed by atoms with Crippen LogP contribution in [0.5, 0.6) is 11.5 Å². The minimum atomic E-state index is -0.641. The SMILES string of the molecule is CCCCOC(=O)Oc1c2c(c(O)c3ccc(CC)cc13)C1CCC2C1. The van der Waals surface area contributed by atoms with E-state index in [-0.39, 0.29) is 0 Å². The Morgan fingerprint density at radius 2 is 1.92 bits per heavy atom. The van der Waals surface area contributed by atoms with Crippen LogP contribution in [-0.4, -0.2) is 17.9 Å². The van der Waals surface area contributed by atoms with Crippen molar-refractivity contribution in [1.29, 1.82) is 0 Å². The molecule has 2 aromatic carbocycles. The maximum atomic E-state index is 12.3. The Morgan fingerprint density at radius 1 is 1.15 bits per heavy atom. The number of aryl methyl sites for hydroxylation is 1. The van der Waals surface area contributed by atoms with Gasteiger partial charge >= 0.3 is 6.16 Å². The lowest BCUT2D eigenvalue weighted by Crippen LogP contribution is -2.14. The second-order valence-corrected chi connectivity index (χ2v) is 7.50. The number of ether oxygens (including phenoxy) is 2. The highest BCUT2D eigenvalue weighted by atomic mass is 16.7. The van der Waals surface area contributed by atoms with E-state index in [1.165, 1.54) is 0 Å². The van der Waals surface area contributed by atoms with Gasteiger partial charge in [-0.1, -0.05) is 32.4 Å². The molecular formula is C22H26O4. The first kappa shape index (κ1) is 17.2. The molecule has 2 aliphatic carbocycles. The molecule has 1 saturated carbocycles. The standard InChI is InChI=1S/C22H26O4/c1-3-5-10-25-22(24)26-21-17-11-13(4-2)6-9-16(17)20(23)18-14-7-8-15(12-14)19(18)21/h6,9,11,14-15,23H,3-5,7-8,10,12H2,1-2H3. The summed E-state index contributed by atoms with van der Waals surface area (Å²) in [6.45, 7) is 4.52. The van der Waals surface area contributed by atoms with Crippen molar-refractivity contribution < 1.29 is 19.4 Å². The highest BCUT2D eigenvalue weighted by molar-refractivity contribution is 5.98. The van der Waals surface area contributed by atoms with Crippen LogP contribution >= 0.6 is 0 Å². The zero-order valence-corrected chi connectivity index (χ0v) is 15.5. The summed E-state index contributed by atoms with van der Waals surface area (Å²) < 4.78 is 11.0. The van der Waals surface area contributed by atoms with Crippen LogP contribution in [0.3, 0.4) is 0 Å². The molecule has 2 aliphatic rings. The topological polar surface area (TPSA) is 55.8 Å². The number of unbranched alkanes of at least 4 members (excludes halogenated alkanes) is 1. The van der Waals surface area contributed by atoms with Crippen LogP contribution in [0.25, 0.3) is 10.8 Å². The zero-order chi connectivity index (χ0) is 18.3. The number of phenols is 1. The zero-order valence-electron chi connectivity index (χ0n) is 15.5. The molecule has 1 fully saturated rings.